The summed E-state index contributed by atoms with van der Waals surface area (Å²) in [7, 11) is -2.94. The maximum atomic E-state index is 13.2. The molecule has 4 rings (SSSR count). The van der Waals surface area contributed by atoms with E-state index < -0.39 is 39.4 Å². The van der Waals surface area contributed by atoms with E-state index in [4.69, 9.17) is 4.42 Å². The number of amides is 2. The minimum absolute atomic E-state index is 0.00895. The third kappa shape index (κ3) is 3.82. The fourth-order valence-corrected chi connectivity index (χ4v) is 5.11. The van der Waals surface area contributed by atoms with Gasteiger partial charge in [-0.05, 0) is 18.6 Å². The Kier molecular flexibility index (Phi) is 5.33. The molecule has 1 unspecified atom stereocenters. The summed E-state index contributed by atoms with van der Waals surface area (Å²) in [6, 6.07) is 5.24. The molecule has 30 heavy (non-hydrogen) atoms. The number of hydrogen-bond acceptors (Lipinski definition) is 6. The Balaban J connectivity index is 1.54. The van der Waals surface area contributed by atoms with Gasteiger partial charge < -0.3 is 9.32 Å². The van der Waals surface area contributed by atoms with E-state index in [1.54, 1.807) is 28.8 Å². The normalized spacial score (nSPS) is 19.8. The van der Waals surface area contributed by atoms with E-state index in [1.807, 2.05) is 0 Å². The number of carbonyl (C=O) groups excluding carboxylic acids is 2. The number of oxazole rings is 1. The van der Waals surface area contributed by atoms with Gasteiger partial charge in [-0.1, -0.05) is 6.07 Å². The highest BCUT2D eigenvalue weighted by atomic mass is 32.2. The monoisotopic (exact) mass is 437 g/mol. The van der Waals surface area contributed by atoms with Crippen LogP contribution in [-0.4, -0.2) is 59.9 Å². The van der Waals surface area contributed by atoms with Crippen LogP contribution in [0.5, 0.6) is 0 Å². The highest BCUT2D eigenvalue weighted by Crippen LogP contribution is 2.23. The van der Waals surface area contributed by atoms with Crippen LogP contribution in [0.3, 0.4) is 0 Å². The molecule has 0 saturated carbocycles. The van der Waals surface area contributed by atoms with Crippen molar-refractivity contribution in [2.45, 2.75) is 12.8 Å². The third-order valence-corrected chi connectivity index (χ3v) is 6.99. The molecule has 2 amide bonds. The van der Waals surface area contributed by atoms with Crippen LogP contribution in [0.15, 0.2) is 45.8 Å². The maximum absolute atomic E-state index is 13.2. The molecule has 1 fully saturated rings. The van der Waals surface area contributed by atoms with Crippen molar-refractivity contribution in [3.63, 3.8) is 0 Å². The lowest BCUT2D eigenvalue weighted by molar-refractivity contribution is 0.0720. The van der Waals surface area contributed by atoms with Crippen molar-refractivity contribution in [1.29, 1.82) is 0 Å². The van der Waals surface area contributed by atoms with Crippen molar-refractivity contribution in [3.8, 4) is 0 Å². The first kappa shape index (κ1) is 20.1. The third-order valence-electron chi connectivity index (χ3n) is 4.74. The molecule has 0 aliphatic carbocycles. The van der Waals surface area contributed by atoms with E-state index >= 15 is 0 Å². The Morgan fingerprint density at radius 2 is 2.03 bits per heavy atom. The van der Waals surface area contributed by atoms with Crippen LogP contribution in [0.1, 0.15) is 39.6 Å². The van der Waals surface area contributed by atoms with Gasteiger partial charge in [0, 0.05) is 30.8 Å². The number of pyridine rings is 1. The van der Waals surface area contributed by atoms with Crippen LogP contribution >= 0.6 is 0 Å². The lowest BCUT2D eigenvalue weighted by Crippen LogP contribution is -2.34. The molecule has 1 atom stereocenters. The molecule has 1 aliphatic heterocycles. The molecule has 158 valence electrons. The number of hydrogen-bond donors (Lipinski definition) is 0. The highest BCUT2D eigenvalue weighted by Gasteiger charge is 2.30. The first-order valence-corrected chi connectivity index (χ1v) is 10.9. The van der Waals surface area contributed by atoms with E-state index in [1.165, 1.54) is 11.1 Å². The van der Waals surface area contributed by atoms with Gasteiger partial charge in [0.1, 0.15) is 11.3 Å². The largest absolute Gasteiger partial charge is 0.438 e. The SMILES string of the molecule is O=C(N=S1(=O)CCCN(C(=O)c2ocnc2C(F)F)CC1)c1cnc2ccccn12. The summed E-state index contributed by atoms with van der Waals surface area (Å²) < 4.78 is 49.5. The molecule has 0 spiro atoms. The minimum Gasteiger partial charge on any atom is -0.438 e. The van der Waals surface area contributed by atoms with Gasteiger partial charge in [0.25, 0.3) is 12.3 Å². The second-order valence-corrected chi connectivity index (χ2v) is 9.21. The summed E-state index contributed by atoms with van der Waals surface area (Å²) >= 11 is 0. The summed E-state index contributed by atoms with van der Waals surface area (Å²) in [6.45, 7) is 0.170. The Morgan fingerprint density at radius 3 is 2.83 bits per heavy atom. The zero-order valence-electron chi connectivity index (χ0n) is 15.6. The molecule has 0 aromatic carbocycles. The second kappa shape index (κ2) is 7.94. The Bertz CT molecular complexity index is 1230. The Labute approximate surface area is 169 Å². The first-order valence-electron chi connectivity index (χ1n) is 9.08. The summed E-state index contributed by atoms with van der Waals surface area (Å²) in [4.78, 5) is 34.0. The van der Waals surface area contributed by atoms with E-state index in [0.717, 1.165) is 6.39 Å². The lowest BCUT2D eigenvalue weighted by atomic mass is 10.3. The molecule has 0 N–H and O–H groups in total. The standard InChI is InChI=1S/C18H17F2N5O4S/c19-16(20)14-15(29-11-22-14)18(27)24-5-3-8-30(28,9-7-24)23-17(26)12-10-21-13-4-1-2-6-25(12)13/h1-2,4,6,10-11,16H,3,5,7-9H2. The summed E-state index contributed by atoms with van der Waals surface area (Å²) in [5, 5.41) is 0. The molecular weight excluding hydrogens is 420 g/mol. The lowest BCUT2D eigenvalue weighted by Gasteiger charge is -2.18. The van der Waals surface area contributed by atoms with Crippen LogP contribution in [0.4, 0.5) is 8.78 Å². The van der Waals surface area contributed by atoms with E-state index in [9.17, 15) is 22.6 Å². The quantitative estimate of drug-likeness (QED) is 0.622. The number of fused-ring (bicyclic) bond motifs is 1. The number of imidazole rings is 1. The zero-order chi connectivity index (χ0) is 21.3. The molecule has 3 aromatic rings. The molecule has 9 nitrogen and oxygen atoms in total. The number of alkyl halides is 2. The van der Waals surface area contributed by atoms with Gasteiger partial charge in [0.05, 0.1) is 15.9 Å². The van der Waals surface area contributed by atoms with Crippen LogP contribution < -0.4 is 0 Å². The predicted octanol–water partition coefficient (Wildman–Crippen LogP) is 2.41. The average Bonchev–Trinajstić information content (AvgIpc) is 3.33. The van der Waals surface area contributed by atoms with Crippen molar-refractivity contribution >= 4 is 27.2 Å². The van der Waals surface area contributed by atoms with Crippen LogP contribution in [0.2, 0.25) is 0 Å². The van der Waals surface area contributed by atoms with Crippen molar-refractivity contribution in [2.75, 3.05) is 24.6 Å². The summed E-state index contributed by atoms with van der Waals surface area (Å²) in [6.07, 6.45) is 1.17. The molecular formula is C18H17F2N5O4S. The topological polar surface area (TPSA) is 110 Å². The van der Waals surface area contributed by atoms with Gasteiger partial charge in [-0.3, -0.25) is 14.0 Å². The van der Waals surface area contributed by atoms with Gasteiger partial charge in [-0.2, -0.15) is 4.36 Å². The van der Waals surface area contributed by atoms with Gasteiger partial charge >= 0.3 is 5.91 Å². The minimum atomic E-state index is -2.95. The fourth-order valence-electron chi connectivity index (χ4n) is 3.24. The van der Waals surface area contributed by atoms with Crippen molar-refractivity contribution < 1.29 is 27.0 Å². The van der Waals surface area contributed by atoms with Crippen molar-refractivity contribution in [1.82, 2.24) is 19.3 Å². The average molecular weight is 437 g/mol. The smallest absolute Gasteiger partial charge is 0.303 e. The maximum Gasteiger partial charge on any atom is 0.303 e. The first-order chi connectivity index (χ1) is 14.4. The van der Waals surface area contributed by atoms with Crippen LogP contribution in [-0.2, 0) is 9.73 Å². The molecule has 4 heterocycles. The van der Waals surface area contributed by atoms with E-state index in [0.29, 0.717) is 12.1 Å². The predicted molar refractivity (Wildman–Crippen MR) is 102 cm³/mol. The van der Waals surface area contributed by atoms with Crippen molar-refractivity contribution in [3.05, 3.63) is 54.1 Å². The van der Waals surface area contributed by atoms with E-state index in [2.05, 4.69) is 14.3 Å². The number of rotatable bonds is 3. The van der Waals surface area contributed by atoms with Gasteiger partial charge in [0.15, 0.2) is 12.1 Å². The molecule has 1 saturated heterocycles. The van der Waals surface area contributed by atoms with Crippen LogP contribution in [0.25, 0.3) is 5.65 Å². The zero-order valence-corrected chi connectivity index (χ0v) is 16.4. The molecule has 0 radical (unpaired) electrons. The van der Waals surface area contributed by atoms with Gasteiger partial charge in [0.2, 0.25) is 5.76 Å². The molecule has 12 heteroatoms. The number of halogens is 2. The van der Waals surface area contributed by atoms with Gasteiger partial charge in [-0.25, -0.2) is 23.0 Å². The Morgan fingerprint density at radius 1 is 1.20 bits per heavy atom. The number of nitrogens with zero attached hydrogens (tertiary/aromatic N) is 5. The van der Waals surface area contributed by atoms with Gasteiger partial charge in [-0.15, -0.1) is 0 Å². The molecule has 0 bridgehead atoms. The number of aromatic nitrogens is 3. The molecule has 3 aromatic heterocycles. The summed E-state index contributed by atoms with van der Waals surface area (Å²) in [5.41, 5.74) is 0.0247. The summed E-state index contributed by atoms with van der Waals surface area (Å²) in [5.74, 6) is -1.89. The number of carbonyl (C=O) groups is 2. The highest BCUT2D eigenvalue weighted by molar-refractivity contribution is 7.93. The van der Waals surface area contributed by atoms with Crippen LogP contribution in [0, 0.1) is 0 Å². The molecule has 1 aliphatic rings. The Hall–Kier alpha value is -3.15. The van der Waals surface area contributed by atoms with E-state index in [-0.39, 0.29) is 30.3 Å². The fraction of sp³-hybridized carbons (Fsp3) is 0.333. The van der Waals surface area contributed by atoms with Crippen molar-refractivity contribution in [2.24, 2.45) is 4.36 Å². The second-order valence-electron chi connectivity index (χ2n) is 6.66.